The zero-order valence-electron chi connectivity index (χ0n) is 27.2. The fourth-order valence-electron chi connectivity index (χ4n) is 10.8. The molecule has 6 aliphatic rings. The van der Waals surface area contributed by atoms with Crippen molar-refractivity contribution in [1.82, 2.24) is 19.6 Å². The maximum Gasteiger partial charge on any atom is 0.152 e. The lowest BCUT2D eigenvalue weighted by atomic mass is 9.81. The fraction of sp³-hybridized carbons (Fsp3) is 0.889. The lowest BCUT2D eigenvalue weighted by Crippen LogP contribution is -2.73. The standard InChI is InChI=1S/C36H62N4/c1-35(37(3)31(27-19-11-7-12-20-27)32(38(35)4)28-21-13-8-14-22-28)36(2)39(5)33(29-23-15-9-16-24-29)34(40(36)6)30-25-17-10-18-26-30/h27-30H,7-26H2,1-6H3. The van der Waals surface area contributed by atoms with Gasteiger partial charge in [0, 0.05) is 74.7 Å². The van der Waals surface area contributed by atoms with Crippen molar-refractivity contribution < 1.29 is 0 Å². The van der Waals surface area contributed by atoms with E-state index in [-0.39, 0.29) is 11.3 Å². The van der Waals surface area contributed by atoms with Crippen molar-refractivity contribution >= 4 is 0 Å². The van der Waals surface area contributed by atoms with E-state index in [0.29, 0.717) is 0 Å². The van der Waals surface area contributed by atoms with Crippen LogP contribution in [-0.2, 0) is 0 Å². The molecule has 0 aromatic rings. The lowest BCUT2D eigenvalue weighted by molar-refractivity contribution is -0.127. The van der Waals surface area contributed by atoms with E-state index >= 15 is 0 Å². The first-order valence-electron chi connectivity index (χ1n) is 17.7. The molecule has 40 heavy (non-hydrogen) atoms. The summed E-state index contributed by atoms with van der Waals surface area (Å²) in [5, 5.41) is 0. The Kier molecular flexibility index (Phi) is 8.20. The molecule has 4 heteroatoms. The summed E-state index contributed by atoms with van der Waals surface area (Å²) in [7, 11) is 10.0. The Hall–Kier alpha value is -1.32. The summed E-state index contributed by atoms with van der Waals surface area (Å²) in [6, 6.07) is 0. The van der Waals surface area contributed by atoms with E-state index in [1.165, 1.54) is 128 Å². The highest BCUT2D eigenvalue weighted by Crippen LogP contribution is 2.58. The number of hydrogen-bond acceptors (Lipinski definition) is 4. The minimum absolute atomic E-state index is 0.119. The topological polar surface area (TPSA) is 13.0 Å². The molecule has 4 aliphatic carbocycles. The Labute approximate surface area is 247 Å². The minimum Gasteiger partial charge on any atom is -0.350 e. The number of allylic oxidation sites excluding steroid dienone is 4. The van der Waals surface area contributed by atoms with Crippen LogP contribution in [-0.4, -0.2) is 59.1 Å². The van der Waals surface area contributed by atoms with Crippen LogP contribution >= 0.6 is 0 Å². The van der Waals surface area contributed by atoms with E-state index in [9.17, 15) is 0 Å². The molecule has 4 saturated carbocycles. The number of likely N-dealkylation sites (N-methyl/N-ethyl adjacent to an activating group) is 4. The summed E-state index contributed by atoms with van der Waals surface area (Å²) in [6.45, 7) is 5.25. The van der Waals surface area contributed by atoms with Crippen LogP contribution in [0.4, 0.5) is 0 Å². The third-order valence-electron chi connectivity index (χ3n) is 13.4. The van der Waals surface area contributed by atoms with E-state index < -0.39 is 0 Å². The van der Waals surface area contributed by atoms with Crippen LogP contribution in [0.1, 0.15) is 142 Å². The van der Waals surface area contributed by atoms with Crippen molar-refractivity contribution in [3.8, 4) is 0 Å². The SMILES string of the molecule is CN1C(C2CCCCC2)=C(C2CCCCC2)N(C)C1(C)C1(C)N(C)C(C2CCCCC2)=C(C2CCCCC2)N1C. The van der Waals surface area contributed by atoms with Gasteiger partial charge in [-0.3, -0.25) is 0 Å². The zero-order chi connectivity index (χ0) is 28.1. The molecule has 0 bridgehead atoms. The molecule has 4 fully saturated rings. The highest BCUT2D eigenvalue weighted by Gasteiger charge is 2.65. The van der Waals surface area contributed by atoms with Crippen LogP contribution in [0.3, 0.4) is 0 Å². The molecule has 6 rings (SSSR count). The quantitative estimate of drug-likeness (QED) is 0.339. The summed E-state index contributed by atoms with van der Waals surface area (Å²) < 4.78 is 0. The molecule has 2 aliphatic heterocycles. The molecule has 0 atom stereocenters. The van der Waals surface area contributed by atoms with Crippen LogP contribution in [0.15, 0.2) is 22.8 Å². The molecule has 0 aromatic carbocycles. The van der Waals surface area contributed by atoms with Gasteiger partial charge >= 0.3 is 0 Å². The van der Waals surface area contributed by atoms with Gasteiger partial charge in [-0.1, -0.05) is 77.0 Å². The molecule has 0 N–H and O–H groups in total. The van der Waals surface area contributed by atoms with Gasteiger partial charge in [0.2, 0.25) is 0 Å². The fourth-order valence-corrected chi connectivity index (χ4v) is 10.8. The van der Waals surface area contributed by atoms with E-state index in [2.05, 4.69) is 61.6 Å². The number of nitrogens with zero attached hydrogens (tertiary/aromatic N) is 4. The molecule has 226 valence electrons. The smallest absolute Gasteiger partial charge is 0.152 e. The molecule has 2 heterocycles. The van der Waals surface area contributed by atoms with Crippen molar-refractivity contribution in [2.75, 3.05) is 28.2 Å². The second-order valence-corrected chi connectivity index (χ2v) is 15.2. The van der Waals surface area contributed by atoms with Crippen molar-refractivity contribution in [2.24, 2.45) is 23.7 Å². The molecular formula is C36H62N4. The molecule has 0 amide bonds. The summed E-state index contributed by atoms with van der Waals surface area (Å²) >= 11 is 0. The van der Waals surface area contributed by atoms with Gasteiger partial charge < -0.3 is 19.6 Å². The van der Waals surface area contributed by atoms with Gasteiger partial charge in [-0.05, 0) is 65.2 Å². The van der Waals surface area contributed by atoms with Gasteiger partial charge in [0.15, 0.2) is 11.3 Å². The zero-order valence-corrected chi connectivity index (χ0v) is 27.2. The predicted molar refractivity (Wildman–Crippen MR) is 168 cm³/mol. The van der Waals surface area contributed by atoms with Crippen LogP contribution < -0.4 is 0 Å². The van der Waals surface area contributed by atoms with Crippen molar-refractivity contribution in [3.05, 3.63) is 22.8 Å². The second kappa shape index (κ2) is 11.4. The summed E-state index contributed by atoms with van der Waals surface area (Å²) in [5.74, 6) is 2.96. The molecule has 0 unspecified atom stereocenters. The van der Waals surface area contributed by atoms with Crippen LogP contribution in [0, 0.1) is 23.7 Å². The maximum atomic E-state index is 2.85. The van der Waals surface area contributed by atoms with E-state index in [1.54, 1.807) is 22.8 Å². The first-order chi connectivity index (χ1) is 19.3. The highest BCUT2D eigenvalue weighted by molar-refractivity contribution is 5.37. The Morgan fingerprint density at radius 3 is 0.700 bits per heavy atom. The van der Waals surface area contributed by atoms with E-state index in [1.807, 2.05) is 0 Å². The van der Waals surface area contributed by atoms with Crippen LogP contribution in [0.25, 0.3) is 0 Å². The number of hydrogen-bond donors (Lipinski definition) is 0. The Balaban J connectivity index is 1.43. The van der Waals surface area contributed by atoms with Crippen molar-refractivity contribution in [2.45, 2.75) is 154 Å². The predicted octanol–water partition coefficient (Wildman–Crippen LogP) is 8.92. The Morgan fingerprint density at radius 1 is 0.350 bits per heavy atom. The van der Waals surface area contributed by atoms with Crippen LogP contribution in [0.2, 0.25) is 0 Å². The summed E-state index contributed by atoms with van der Waals surface area (Å²) in [6.07, 6.45) is 28.2. The van der Waals surface area contributed by atoms with Crippen molar-refractivity contribution in [1.29, 1.82) is 0 Å². The lowest BCUT2D eigenvalue weighted by Gasteiger charge is -2.59. The third kappa shape index (κ3) is 4.34. The van der Waals surface area contributed by atoms with Gasteiger partial charge in [-0.25, -0.2) is 0 Å². The van der Waals surface area contributed by atoms with Gasteiger partial charge in [0.05, 0.1) is 0 Å². The Morgan fingerprint density at radius 2 is 0.525 bits per heavy atom. The summed E-state index contributed by atoms with van der Waals surface area (Å²) in [4.78, 5) is 11.4. The normalized spacial score (nSPS) is 29.9. The second-order valence-electron chi connectivity index (χ2n) is 15.2. The molecule has 0 radical (unpaired) electrons. The summed E-state index contributed by atoms with van der Waals surface area (Å²) in [5.41, 5.74) is 6.73. The molecule has 0 saturated heterocycles. The average molecular weight is 551 g/mol. The maximum absolute atomic E-state index is 2.85. The minimum atomic E-state index is -0.119. The van der Waals surface area contributed by atoms with Gasteiger partial charge in [-0.2, -0.15) is 0 Å². The molecular weight excluding hydrogens is 488 g/mol. The average Bonchev–Trinajstić information content (AvgIpc) is 3.35. The van der Waals surface area contributed by atoms with E-state index in [4.69, 9.17) is 0 Å². The largest absolute Gasteiger partial charge is 0.350 e. The Bertz CT molecular complexity index is 809. The number of rotatable bonds is 5. The molecule has 0 aromatic heterocycles. The van der Waals surface area contributed by atoms with Crippen LogP contribution in [0.5, 0.6) is 0 Å². The van der Waals surface area contributed by atoms with Gasteiger partial charge in [0.1, 0.15) is 0 Å². The van der Waals surface area contributed by atoms with Gasteiger partial charge in [0.25, 0.3) is 0 Å². The first kappa shape index (κ1) is 28.8. The molecule has 4 nitrogen and oxygen atoms in total. The molecule has 0 spiro atoms. The highest BCUT2D eigenvalue weighted by atomic mass is 15.6. The van der Waals surface area contributed by atoms with E-state index in [0.717, 1.165) is 23.7 Å². The first-order valence-corrected chi connectivity index (χ1v) is 17.7. The monoisotopic (exact) mass is 550 g/mol. The van der Waals surface area contributed by atoms with Crippen molar-refractivity contribution in [3.63, 3.8) is 0 Å². The third-order valence-corrected chi connectivity index (χ3v) is 13.4. The van der Waals surface area contributed by atoms with Gasteiger partial charge in [-0.15, -0.1) is 0 Å².